The minimum atomic E-state index is -0.486. The standard InChI is InChI=1S/C26H31N3O5/c1-4-15-33-22-14-13-19(24(18(22)3)34-16-9-12-23(30)27-5-2)17-21-25(31)28-29(26(21)32)20-10-7-6-8-11-20/h6-8,10-11,13-14,17H,4-5,9,12,15-16H2,1-3H3,(H,27,30)(H,28,31). The van der Waals surface area contributed by atoms with E-state index >= 15 is 0 Å². The molecule has 1 heterocycles. The van der Waals surface area contributed by atoms with Crippen molar-refractivity contribution in [2.24, 2.45) is 0 Å². The highest BCUT2D eigenvalue weighted by Crippen LogP contribution is 2.34. The van der Waals surface area contributed by atoms with Crippen LogP contribution in [0, 0.1) is 6.92 Å². The molecule has 8 heteroatoms. The maximum atomic E-state index is 13.0. The van der Waals surface area contributed by atoms with Gasteiger partial charge >= 0.3 is 0 Å². The Hall–Kier alpha value is -3.81. The normalized spacial score (nSPS) is 14.3. The Labute approximate surface area is 199 Å². The number of hydrogen-bond acceptors (Lipinski definition) is 5. The predicted molar refractivity (Wildman–Crippen MR) is 130 cm³/mol. The van der Waals surface area contributed by atoms with Gasteiger partial charge in [-0.05, 0) is 57.0 Å². The summed E-state index contributed by atoms with van der Waals surface area (Å²) < 4.78 is 11.9. The molecule has 0 aromatic heterocycles. The molecule has 1 saturated heterocycles. The summed E-state index contributed by atoms with van der Waals surface area (Å²) in [7, 11) is 0. The summed E-state index contributed by atoms with van der Waals surface area (Å²) in [5.74, 6) is 0.244. The molecule has 1 aliphatic heterocycles. The second-order valence-electron chi connectivity index (χ2n) is 7.84. The van der Waals surface area contributed by atoms with Gasteiger partial charge in [0.05, 0.1) is 18.9 Å². The Kier molecular flexibility index (Phi) is 8.67. The van der Waals surface area contributed by atoms with E-state index in [1.165, 1.54) is 11.1 Å². The highest BCUT2D eigenvalue weighted by Gasteiger charge is 2.34. The lowest BCUT2D eigenvalue weighted by Gasteiger charge is -2.16. The van der Waals surface area contributed by atoms with Gasteiger partial charge in [-0.3, -0.25) is 19.8 Å². The molecule has 0 atom stereocenters. The number of para-hydroxylation sites is 1. The highest BCUT2D eigenvalue weighted by atomic mass is 16.5. The molecule has 0 radical (unpaired) electrons. The first-order valence-corrected chi connectivity index (χ1v) is 11.5. The Balaban J connectivity index is 1.86. The number of nitrogens with one attached hydrogen (secondary N) is 2. The van der Waals surface area contributed by atoms with Gasteiger partial charge in [-0.2, -0.15) is 0 Å². The number of anilines is 1. The quantitative estimate of drug-likeness (QED) is 0.301. The van der Waals surface area contributed by atoms with Gasteiger partial charge in [-0.25, -0.2) is 5.01 Å². The maximum absolute atomic E-state index is 13.0. The molecule has 2 aromatic rings. The third-order valence-corrected chi connectivity index (χ3v) is 5.22. The largest absolute Gasteiger partial charge is 0.493 e. The van der Waals surface area contributed by atoms with Crippen molar-refractivity contribution in [2.75, 3.05) is 24.8 Å². The van der Waals surface area contributed by atoms with Crippen LogP contribution in [0.2, 0.25) is 0 Å². The predicted octanol–water partition coefficient (Wildman–Crippen LogP) is 3.54. The summed E-state index contributed by atoms with van der Waals surface area (Å²) in [6.07, 6.45) is 3.28. The first kappa shape index (κ1) is 24.8. The fourth-order valence-electron chi connectivity index (χ4n) is 3.53. The SMILES string of the molecule is CCCOc1ccc(C=C2C(=O)NN(c3ccccc3)C2=O)c(OCCCC(=O)NCC)c1C. The topological polar surface area (TPSA) is 97.0 Å². The van der Waals surface area contributed by atoms with E-state index in [1.54, 1.807) is 30.3 Å². The van der Waals surface area contributed by atoms with E-state index in [0.29, 0.717) is 55.4 Å². The molecule has 180 valence electrons. The Morgan fingerprint density at radius 3 is 2.53 bits per heavy atom. The lowest BCUT2D eigenvalue weighted by atomic mass is 10.0. The minimum absolute atomic E-state index is 0.0117. The van der Waals surface area contributed by atoms with E-state index in [-0.39, 0.29) is 11.5 Å². The van der Waals surface area contributed by atoms with E-state index in [0.717, 1.165) is 12.0 Å². The fraction of sp³-hybridized carbons (Fsp3) is 0.346. The van der Waals surface area contributed by atoms with Gasteiger partial charge in [0.15, 0.2) is 0 Å². The summed E-state index contributed by atoms with van der Waals surface area (Å²) in [4.78, 5) is 37.3. The van der Waals surface area contributed by atoms with Gasteiger partial charge in [0.1, 0.15) is 17.1 Å². The molecule has 8 nitrogen and oxygen atoms in total. The first-order valence-electron chi connectivity index (χ1n) is 11.5. The number of amides is 3. The monoisotopic (exact) mass is 465 g/mol. The second kappa shape index (κ2) is 11.9. The molecular weight excluding hydrogens is 434 g/mol. The summed E-state index contributed by atoms with van der Waals surface area (Å²) in [6.45, 7) is 7.23. The van der Waals surface area contributed by atoms with Gasteiger partial charge in [0.2, 0.25) is 5.91 Å². The molecule has 3 rings (SSSR count). The zero-order valence-electron chi connectivity index (χ0n) is 19.8. The van der Waals surface area contributed by atoms with Crippen molar-refractivity contribution >= 4 is 29.5 Å². The fourth-order valence-corrected chi connectivity index (χ4v) is 3.53. The smallest absolute Gasteiger partial charge is 0.282 e. The van der Waals surface area contributed by atoms with Crippen molar-refractivity contribution in [3.8, 4) is 11.5 Å². The van der Waals surface area contributed by atoms with Crippen LogP contribution in [0.15, 0.2) is 48.0 Å². The number of carbonyl (C=O) groups excluding carboxylic acids is 3. The van der Waals surface area contributed by atoms with Gasteiger partial charge in [0.25, 0.3) is 11.8 Å². The van der Waals surface area contributed by atoms with Crippen LogP contribution < -0.4 is 25.2 Å². The van der Waals surface area contributed by atoms with Crippen molar-refractivity contribution in [2.45, 2.75) is 40.0 Å². The van der Waals surface area contributed by atoms with Crippen molar-refractivity contribution in [1.82, 2.24) is 10.7 Å². The Morgan fingerprint density at radius 2 is 1.82 bits per heavy atom. The van der Waals surface area contributed by atoms with Gasteiger partial charge in [0, 0.05) is 24.1 Å². The molecule has 0 saturated carbocycles. The van der Waals surface area contributed by atoms with E-state index < -0.39 is 11.8 Å². The molecule has 1 aliphatic rings. The van der Waals surface area contributed by atoms with E-state index in [1.807, 2.05) is 32.9 Å². The van der Waals surface area contributed by atoms with Crippen LogP contribution in [-0.2, 0) is 14.4 Å². The third-order valence-electron chi connectivity index (χ3n) is 5.22. The highest BCUT2D eigenvalue weighted by molar-refractivity contribution is 6.31. The van der Waals surface area contributed by atoms with Crippen LogP contribution in [0.4, 0.5) is 5.69 Å². The molecule has 0 unspecified atom stereocenters. The average molecular weight is 466 g/mol. The van der Waals surface area contributed by atoms with Crippen molar-refractivity contribution < 1.29 is 23.9 Å². The molecule has 3 amide bonds. The van der Waals surface area contributed by atoms with Crippen LogP contribution in [-0.4, -0.2) is 37.5 Å². The summed E-state index contributed by atoms with van der Waals surface area (Å²) in [6, 6.07) is 12.5. The third kappa shape index (κ3) is 5.95. The Morgan fingerprint density at radius 1 is 1.06 bits per heavy atom. The number of carbonyl (C=O) groups is 3. The number of rotatable bonds is 11. The molecule has 2 N–H and O–H groups in total. The summed E-state index contributed by atoms with van der Waals surface area (Å²) >= 11 is 0. The summed E-state index contributed by atoms with van der Waals surface area (Å²) in [5.41, 5.74) is 4.55. The number of ether oxygens (including phenoxy) is 2. The van der Waals surface area contributed by atoms with Crippen molar-refractivity contribution in [3.05, 3.63) is 59.2 Å². The molecule has 0 bridgehead atoms. The van der Waals surface area contributed by atoms with Crippen LogP contribution in [0.3, 0.4) is 0 Å². The van der Waals surface area contributed by atoms with Gasteiger partial charge in [-0.15, -0.1) is 0 Å². The van der Waals surface area contributed by atoms with Crippen molar-refractivity contribution in [3.63, 3.8) is 0 Å². The van der Waals surface area contributed by atoms with Crippen molar-refractivity contribution in [1.29, 1.82) is 0 Å². The van der Waals surface area contributed by atoms with E-state index in [4.69, 9.17) is 9.47 Å². The second-order valence-corrected chi connectivity index (χ2v) is 7.84. The maximum Gasteiger partial charge on any atom is 0.282 e. The zero-order chi connectivity index (χ0) is 24.5. The number of benzene rings is 2. The van der Waals surface area contributed by atoms with E-state index in [9.17, 15) is 14.4 Å². The van der Waals surface area contributed by atoms with Crippen LogP contribution in [0.5, 0.6) is 11.5 Å². The minimum Gasteiger partial charge on any atom is -0.493 e. The van der Waals surface area contributed by atoms with Crippen LogP contribution >= 0.6 is 0 Å². The molecule has 34 heavy (non-hydrogen) atoms. The summed E-state index contributed by atoms with van der Waals surface area (Å²) in [5, 5.41) is 3.99. The number of hydrazine groups is 1. The Bertz CT molecular complexity index is 1070. The molecule has 0 spiro atoms. The van der Waals surface area contributed by atoms with Crippen LogP contribution in [0.1, 0.15) is 44.2 Å². The lowest BCUT2D eigenvalue weighted by molar-refractivity contribution is -0.121. The molecule has 0 aliphatic carbocycles. The average Bonchev–Trinajstić information content (AvgIpc) is 3.11. The molecule has 1 fully saturated rings. The molecule has 2 aromatic carbocycles. The number of nitrogens with zero attached hydrogens (tertiary/aromatic N) is 1. The van der Waals surface area contributed by atoms with Gasteiger partial charge < -0.3 is 14.8 Å². The van der Waals surface area contributed by atoms with Crippen LogP contribution in [0.25, 0.3) is 6.08 Å². The first-order chi connectivity index (χ1) is 16.5. The zero-order valence-corrected chi connectivity index (χ0v) is 19.8. The molecular formula is C26H31N3O5. The number of hydrogen-bond donors (Lipinski definition) is 2. The van der Waals surface area contributed by atoms with E-state index in [2.05, 4.69) is 10.7 Å². The lowest BCUT2D eigenvalue weighted by Crippen LogP contribution is -2.35. The van der Waals surface area contributed by atoms with Gasteiger partial charge in [-0.1, -0.05) is 25.1 Å².